The molecule has 0 radical (unpaired) electrons. The predicted octanol–water partition coefficient (Wildman–Crippen LogP) is 5.46. The average Bonchev–Trinajstić information content (AvgIpc) is 3.21. The first-order valence-electron chi connectivity index (χ1n) is 11.3. The molecule has 0 bridgehead atoms. The number of nitrogens with zero attached hydrogens (tertiary/aromatic N) is 4. The highest BCUT2D eigenvalue weighted by Crippen LogP contribution is 2.31. The first-order valence-corrected chi connectivity index (χ1v) is 11.3. The molecule has 2 aromatic carbocycles. The molecule has 4 rings (SSSR count). The minimum Gasteiger partial charge on any atom is -0.454 e. The molecule has 0 spiro atoms. The Morgan fingerprint density at radius 3 is 2.57 bits per heavy atom. The highest BCUT2D eigenvalue weighted by atomic mass is 19.1. The van der Waals surface area contributed by atoms with E-state index in [0.29, 0.717) is 43.4 Å². The molecule has 1 saturated heterocycles. The van der Waals surface area contributed by atoms with Crippen LogP contribution in [0.1, 0.15) is 19.4 Å². The van der Waals surface area contributed by atoms with Crippen molar-refractivity contribution in [2.45, 2.75) is 26.3 Å². The predicted molar refractivity (Wildman–Crippen MR) is 128 cm³/mol. The molecule has 0 N–H and O–H groups in total. The van der Waals surface area contributed by atoms with E-state index in [0.717, 1.165) is 5.56 Å². The highest BCUT2D eigenvalue weighted by molar-refractivity contribution is 5.70. The summed E-state index contributed by atoms with van der Waals surface area (Å²) >= 11 is 0. The van der Waals surface area contributed by atoms with E-state index in [9.17, 15) is 19.3 Å². The SMILES string of the molecule is CCN(c1ccc(Oc2ccc(C[C@H]3COC(=O)N3CC)cc2)c(F)c1)c1ccc([N+](=O)[O-])cn1. The van der Waals surface area contributed by atoms with Gasteiger partial charge in [0.2, 0.25) is 0 Å². The molecule has 0 unspecified atom stereocenters. The summed E-state index contributed by atoms with van der Waals surface area (Å²) in [6.45, 7) is 5.24. The van der Waals surface area contributed by atoms with Gasteiger partial charge in [0.15, 0.2) is 11.6 Å². The Balaban J connectivity index is 1.44. The molecule has 2 heterocycles. The maximum absolute atomic E-state index is 14.9. The number of cyclic esters (lactones) is 1. The van der Waals surface area contributed by atoms with Crippen LogP contribution in [-0.4, -0.2) is 46.6 Å². The van der Waals surface area contributed by atoms with Crippen LogP contribution in [0.25, 0.3) is 0 Å². The van der Waals surface area contributed by atoms with Crippen LogP contribution < -0.4 is 9.64 Å². The molecule has 1 fully saturated rings. The van der Waals surface area contributed by atoms with Gasteiger partial charge >= 0.3 is 6.09 Å². The Hall–Kier alpha value is -4.21. The summed E-state index contributed by atoms with van der Waals surface area (Å²) in [4.78, 5) is 29.6. The quantitative estimate of drug-likeness (QED) is 0.296. The van der Waals surface area contributed by atoms with Crippen molar-refractivity contribution in [3.05, 3.63) is 82.3 Å². The maximum atomic E-state index is 14.9. The second-order valence-electron chi connectivity index (χ2n) is 7.96. The van der Waals surface area contributed by atoms with Crippen molar-refractivity contribution in [1.82, 2.24) is 9.88 Å². The van der Waals surface area contributed by atoms with Crippen molar-refractivity contribution >= 4 is 23.3 Å². The molecule has 1 aliphatic rings. The Bertz CT molecular complexity index is 1200. The minimum absolute atomic E-state index is 0.00369. The zero-order valence-corrected chi connectivity index (χ0v) is 19.4. The summed E-state index contributed by atoms with van der Waals surface area (Å²) in [5.41, 5.74) is 1.45. The van der Waals surface area contributed by atoms with Gasteiger partial charge in [-0.3, -0.25) is 10.1 Å². The summed E-state index contributed by atoms with van der Waals surface area (Å²) < 4.78 is 25.7. The lowest BCUT2D eigenvalue weighted by Gasteiger charge is -2.22. The van der Waals surface area contributed by atoms with Crippen LogP contribution in [-0.2, 0) is 11.2 Å². The van der Waals surface area contributed by atoms with Gasteiger partial charge in [-0.1, -0.05) is 12.1 Å². The average molecular weight is 480 g/mol. The van der Waals surface area contributed by atoms with Gasteiger partial charge in [-0.25, -0.2) is 14.2 Å². The van der Waals surface area contributed by atoms with E-state index in [2.05, 4.69) is 4.98 Å². The molecule has 3 aromatic rings. The number of hydrogen-bond acceptors (Lipinski definition) is 7. The van der Waals surface area contributed by atoms with E-state index >= 15 is 0 Å². The van der Waals surface area contributed by atoms with E-state index in [4.69, 9.17) is 9.47 Å². The third kappa shape index (κ3) is 5.32. The number of halogens is 1. The summed E-state index contributed by atoms with van der Waals surface area (Å²) in [6, 6.07) is 14.8. The highest BCUT2D eigenvalue weighted by Gasteiger charge is 2.31. The van der Waals surface area contributed by atoms with E-state index in [1.165, 1.54) is 30.5 Å². The lowest BCUT2D eigenvalue weighted by atomic mass is 10.1. The summed E-state index contributed by atoms with van der Waals surface area (Å²) in [5, 5.41) is 10.9. The number of pyridine rings is 1. The second kappa shape index (κ2) is 10.4. The summed E-state index contributed by atoms with van der Waals surface area (Å²) in [6.07, 6.45) is 1.54. The number of benzene rings is 2. The number of aromatic nitrogens is 1. The lowest BCUT2D eigenvalue weighted by molar-refractivity contribution is -0.385. The van der Waals surface area contributed by atoms with Gasteiger partial charge in [0, 0.05) is 30.9 Å². The molecule has 1 atom stereocenters. The number of anilines is 2. The number of amides is 1. The molecule has 10 heteroatoms. The molecule has 182 valence electrons. The molecular formula is C25H25FN4O5. The van der Waals surface area contributed by atoms with Gasteiger partial charge < -0.3 is 19.3 Å². The molecule has 1 amide bonds. The van der Waals surface area contributed by atoms with Crippen molar-refractivity contribution in [2.75, 3.05) is 24.6 Å². The van der Waals surface area contributed by atoms with Crippen molar-refractivity contribution < 1.29 is 23.6 Å². The molecular weight excluding hydrogens is 455 g/mol. The van der Waals surface area contributed by atoms with E-state index in [1.807, 2.05) is 26.0 Å². The van der Waals surface area contributed by atoms with Gasteiger partial charge in [-0.2, -0.15) is 0 Å². The minimum atomic E-state index is -0.549. The Kier molecular flexibility index (Phi) is 7.09. The van der Waals surface area contributed by atoms with E-state index < -0.39 is 10.7 Å². The van der Waals surface area contributed by atoms with E-state index in [1.54, 1.807) is 28.0 Å². The maximum Gasteiger partial charge on any atom is 0.410 e. The van der Waals surface area contributed by atoms with Gasteiger partial charge in [-0.15, -0.1) is 0 Å². The van der Waals surface area contributed by atoms with Crippen LogP contribution in [0.15, 0.2) is 60.8 Å². The number of ether oxygens (including phenoxy) is 2. The van der Waals surface area contributed by atoms with Crippen LogP contribution in [0.4, 0.5) is 26.4 Å². The van der Waals surface area contributed by atoms with E-state index in [-0.39, 0.29) is 23.6 Å². The molecule has 35 heavy (non-hydrogen) atoms. The van der Waals surface area contributed by atoms with Crippen molar-refractivity contribution in [1.29, 1.82) is 0 Å². The summed E-state index contributed by atoms with van der Waals surface area (Å²) in [5.74, 6) is 0.474. The first-order chi connectivity index (χ1) is 16.9. The van der Waals surface area contributed by atoms with Crippen molar-refractivity contribution in [3.8, 4) is 11.5 Å². The van der Waals surface area contributed by atoms with Gasteiger partial charge in [-0.05, 0) is 56.2 Å². The number of carbonyl (C=O) groups is 1. The molecule has 0 aliphatic carbocycles. The molecule has 9 nitrogen and oxygen atoms in total. The fraction of sp³-hybridized carbons (Fsp3) is 0.280. The van der Waals surface area contributed by atoms with Crippen LogP contribution in [0.2, 0.25) is 0 Å². The number of hydrogen-bond donors (Lipinski definition) is 0. The van der Waals surface area contributed by atoms with Crippen LogP contribution in [0, 0.1) is 15.9 Å². The number of rotatable bonds is 9. The standard InChI is InChI=1S/C25H25FN4O5/c1-3-28(24-12-8-19(15-27-24)30(32)33)18-7-11-23(22(26)14-18)35-21-9-5-17(6-10-21)13-20-16-34-25(31)29(20)4-2/h5-12,14-15,20H,3-4,13,16H2,1-2H3/t20-/m0/s1. The molecule has 0 saturated carbocycles. The van der Waals surface area contributed by atoms with Crippen LogP contribution in [0.3, 0.4) is 0 Å². The third-order valence-corrected chi connectivity index (χ3v) is 5.80. The lowest BCUT2D eigenvalue weighted by Crippen LogP contribution is -2.34. The normalized spacial score (nSPS) is 15.1. The first kappa shape index (κ1) is 23.9. The zero-order valence-electron chi connectivity index (χ0n) is 19.4. The monoisotopic (exact) mass is 480 g/mol. The van der Waals surface area contributed by atoms with Crippen molar-refractivity contribution in [2.24, 2.45) is 0 Å². The van der Waals surface area contributed by atoms with Gasteiger partial charge in [0.25, 0.3) is 5.69 Å². The fourth-order valence-electron chi connectivity index (χ4n) is 4.00. The fourth-order valence-corrected chi connectivity index (χ4v) is 4.00. The summed E-state index contributed by atoms with van der Waals surface area (Å²) in [7, 11) is 0. The Labute approximate surface area is 201 Å². The molecule has 1 aliphatic heterocycles. The largest absolute Gasteiger partial charge is 0.454 e. The number of nitro groups is 1. The van der Waals surface area contributed by atoms with Crippen LogP contribution >= 0.6 is 0 Å². The third-order valence-electron chi connectivity index (χ3n) is 5.80. The zero-order chi connectivity index (χ0) is 24.9. The topological polar surface area (TPSA) is 98.0 Å². The second-order valence-corrected chi connectivity index (χ2v) is 7.96. The number of carbonyl (C=O) groups excluding carboxylic acids is 1. The Morgan fingerprint density at radius 2 is 1.97 bits per heavy atom. The van der Waals surface area contributed by atoms with Gasteiger partial charge in [0.1, 0.15) is 24.4 Å². The Morgan fingerprint density at radius 1 is 1.20 bits per heavy atom. The van der Waals surface area contributed by atoms with Crippen LogP contribution in [0.5, 0.6) is 11.5 Å². The molecule has 1 aromatic heterocycles. The van der Waals surface area contributed by atoms with Crippen molar-refractivity contribution in [3.63, 3.8) is 0 Å². The smallest absolute Gasteiger partial charge is 0.410 e. The van der Waals surface area contributed by atoms with Gasteiger partial charge in [0.05, 0.1) is 11.0 Å². The number of likely N-dealkylation sites (N-methyl/N-ethyl adjacent to an activating group) is 1.